The summed E-state index contributed by atoms with van der Waals surface area (Å²) in [6.45, 7) is 14.5. The third kappa shape index (κ3) is 7.44. The van der Waals surface area contributed by atoms with Crippen molar-refractivity contribution < 1.29 is 0 Å². The van der Waals surface area contributed by atoms with Gasteiger partial charge in [0.2, 0.25) is 0 Å². The molecule has 21 heavy (non-hydrogen) atoms. The zero-order valence-electron chi connectivity index (χ0n) is 14.0. The molecule has 1 atom stereocenters. The van der Waals surface area contributed by atoms with Gasteiger partial charge in [0.15, 0.2) is 5.96 Å². The number of aryl methyl sites for hydroxylation is 2. The maximum absolute atomic E-state index is 4.65. The van der Waals surface area contributed by atoms with E-state index in [0.717, 1.165) is 36.2 Å². The van der Waals surface area contributed by atoms with Crippen molar-refractivity contribution in [1.29, 1.82) is 0 Å². The van der Waals surface area contributed by atoms with Gasteiger partial charge in [0.1, 0.15) is 0 Å². The van der Waals surface area contributed by atoms with Gasteiger partial charge in [0, 0.05) is 30.4 Å². The Morgan fingerprint density at radius 2 is 1.95 bits per heavy atom. The first-order chi connectivity index (χ1) is 9.43. The van der Waals surface area contributed by atoms with Gasteiger partial charge in [-0.1, -0.05) is 13.8 Å². The number of nitrogens with one attached hydrogen (secondary N) is 2. The minimum atomic E-state index is 0. The van der Waals surface area contributed by atoms with Crippen molar-refractivity contribution >= 4 is 41.3 Å². The fourth-order valence-corrected chi connectivity index (χ4v) is 2.70. The van der Waals surface area contributed by atoms with Crippen LogP contribution < -0.4 is 10.6 Å². The topological polar surface area (TPSA) is 49.3 Å². The molecule has 0 spiro atoms. The van der Waals surface area contributed by atoms with E-state index in [2.05, 4.69) is 62.2 Å². The van der Waals surface area contributed by atoms with E-state index in [9.17, 15) is 0 Å². The number of guanidine groups is 1. The van der Waals surface area contributed by atoms with Crippen LogP contribution in [0.4, 0.5) is 0 Å². The van der Waals surface area contributed by atoms with E-state index >= 15 is 0 Å². The average Bonchev–Trinajstić information content (AvgIpc) is 2.68. The van der Waals surface area contributed by atoms with Crippen LogP contribution >= 0.6 is 35.3 Å². The fourth-order valence-electron chi connectivity index (χ4n) is 1.78. The first-order valence-electron chi connectivity index (χ1n) is 7.41. The minimum absolute atomic E-state index is 0. The number of aliphatic imine (C=N–C) groups is 1. The molecule has 0 aliphatic carbocycles. The van der Waals surface area contributed by atoms with Crippen molar-refractivity contribution in [3.8, 4) is 0 Å². The highest BCUT2D eigenvalue weighted by Gasteiger charge is 2.09. The molecule has 0 aromatic carbocycles. The molecular weight excluding hydrogens is 395 g/mol. The Kier molecular flexibility index (Phi) is 10.2. The molecule has 0 aliphatic heterocycles. The lowest BCUT2D eigenvalue weighted by atomic mass is 10.1. The highest BCUT2D eigenvalue weighted by Crippen LogP contribution is 2.17. The smallest absolute Gasteiger partial charge is 0.191 e. The minimum Gasteiger partial charge on any atom is -0.357 e. The first kappa shape index (κ1) is 20.6. The summed E-state index contributed by atoms with van der Waals surface area (Å²) < 4.78 is 0. The maximum atomic E-state index is 4.65. The van der Waals surface area contributed by atoms with Crippen molar-refractivity contribution in [2.75, 3.05) is 13.1 Å². The van der Waals surface area contributed by atoms with E-state index in [-0.39, 0.29) is 24.0 Å². The molecule has 0 amide bonds. The van der Waals surface area contributed by atoms with E-state index in [1.54, 1.807) is 11.3 Å². The van der Waals surface area contributed by atoms with E-state index in [0.29, 0.717) is 12.0 Å². The highest BCUT2D eigenvalue weighted by atomic mass is 127. The number of rotatable bonds is 6. The quantitative estimate of drug-likeness (QED) is 0.418. The van der Waals surface area contributed by atoms with Gasteiger partial charge < -0.3 is 10.6 Å². The Balaban J connectivity index is 0.00000400. The SMILES string of the molecule is CCNC(=NCCc1sc(C)nc1C)NC(C)C(C)C.I. The molecule has 1 heterocycles. The van der Waals surface area contributed by atoms with E-state index in [4.69, 9.17) is 0 Å². The van der Waals surface area contributed by atoms with Gasteiger partial charge in [0.05, 0.1) is 10.7 Å². The lowest BCUT2D eigenvalue weighted by Crippen LogP contribution is -2.44. The zero-order valence-corrected chi connectivity index (χ0v) is 17.1. The number of nitrogens with zero attached hydrogens (tertiary/aromatic N) is 2. The Morgan fingerprint density at radius 3 is 2.43 bits per heavy atom. The predicted octanol–water partition coefficient (Wildman–Crippen LogP) is 3.52. The average molecular weight is 424 g/mol. The van der Waals surface area contributed by atoms with Gasteiger partial charge in [-0.15, -0.1) is 35.3 Å². The van der Waals surface area contributed by atoms with Crippen LogP contribution in [-0.2, 0) is 6.42 Å². The standard InChI is InChI=1S/C15H28N4S.HI/c1-7-16-15(19-11(4)10(2)3)17-9-8-14-12(5)18-13(6)20-14;/h10-11H,7-9H2,1-6H3,(H2,16,17,19);1H. The maximum Gasteiger partial charge on any atom is 0.191 e. The molecule has 6 heteroatoms. The molecule has 4 nitrogen and oxygen atoms in total. The molecule has 1 rings (SSSR count). The van der Waals surface area contributed by atoms with Gasteiger partial charge in [-0.05, 0) is 33.6 Å². The van der Waals surface area contributed by atoms with Crippen molar-refractivity contribution in [3.05, 3.63) is 15.6 Å². The molecule has 0 radical (unpaired) electrons. The summed E-state index contributed by atoms with van der Waals surface area (Å²) in [6.07, 6.45) is 0.962. The van der Waals surface area contributed by atoms with Crippen LogP contribution in [0.5, 0.6) is 0 Å². The highest BCUT2D eigenvalue weighted by molar-refractivity contribution is 14.0. The van der Waals surface area contributed by atoms with Crippen LogP contribution in [0.25, 0.3) is 0 Å². The Bertz CT molecular complexity index is 443. The van der Waals surface area contributed by atoms with Crippen LogP contribution in [0, 0.1) is 19.8 Å². The predicted molar refractivity (Wildman–Crippen MR) is 104 cm³/mol. The van der Waals surface area contributed by atoms with Crippen LogP contribution in [-0.4, -0.2) is 30.1 Å². The van der Waals surface area contributed by atoms with Gasteiger partial charge in [-0.3, -0.25) is 4.99 Å². The first-order valence-corrected chi connectivity index (χ1v) is 8.23. The van der Waals surface area contributed by atoms with Crippen LogP contribution in [0.1, 0.15) is 43.3 Å². The van der Waals surface area contributed by atoms with Crippen molar-refractivity contribution in [2.45, 2.75) is 54.0 Å². The number of halogens is 1. The number of hydrogen-bond donors (Lipinski definition) is 2. The van der Waals surface area contributed by atoms with E-state index in [1.165, 1.54) is 4.88 Å². The third-order valence-corrected chi connectivity index (χ3v) is 4.45. The Morgan fingerprint density at radius 1 is 1.29 bits per heavy atom. The van der Waals surface area contributed by atoms with Crippen molar-refractivity contribution in [2.24, 2.45) is 10.9 Å². The lowest BCUT2D eigenvalue weighted by molar-refractivity contribution is 0.481. The van der Waals surface area contributed by atoms with E-state index < -0.39 is 0 Å². The molecule has 122 valence electrons. The number of aromatic nitrogens is 1. The van der Waals surface area contributed by atoms with E-state index in [1.807, 2.05) is 0 Å². The van der Waals surface area contributed by atoms with Crippen LogP contribution in [0.3, 0.4) is 0 Å². The Hall–Kier alpha value is -0.370. The summed E-state index contributed by atoms with van der Waals surface area (Å²) in [4.78, 5) is 10.5. The summed E-state index contributed by atoms with van der Waals surface area (Å²) in [5.74, 6) is 1.50. The summed E-state index contributed by atoms with van der Waals surface area (Å²) in [6, 6.07) is 0.417. The molecule has 0 bridgehead atoms. The van der Waals surface area contributed by atoms with Gasteiger partial charge >= 0.3 is 0 Å². The molecule has 0 saturated carbocycles. The molecule has 0 saturated heterocycles. The lowest BCUT2D eigenvalue weighted by Gasteiger charge is -2.20. The summed E-state index contributed by atoms with van der Waals surface area (Å²) in [7, 11) is 0. The van der Waals surface area contributed by atoms with Gasteiger partial charge in [-0.25, -0.2) is 4.98 Å². The molecule has 2 N–H and O–H groups in total. The number of thiazole rings is 1. The molecule has 1 unspecified atom stereocenters. The Labute approximate surface area is 150 Å². The second-order valence-corrected chi connectivity index (χ2v) is 6.72. The molecule has 0 fully saturated rings. The third-order valence-electron chi connectivity index (χ3n) is 3.32. The van der Waals surface area contributed by atoms with Crippen molar-refractivity contribution in [1.82, 2.24) is 15.6 Å². The molecule has 0 aliphatic rings. The van der Waals surface area contributed by atoms with Gasteiger partial charge in [0.25, 0.3) is 0 Å². The summed E-state index contributed by atoms with van der Waals surface area (Å²) in [5, 5.41) is 7.89. The fraction of sp³-hybridized carbons (Fsp3) is 0.733. The normalized spacial score (nSPS) is 13.0. The monoisotopic (exact) mass is 424 g/mol. The second-order valence-electron chi connectivity index (χ2n) is 5.43. The summed E-state index contributed by atoms with van der Waals surface area (Å²) in [5.41, 5.74) is 1.15. The molecule has 1 aromatic rings. The van der Waals surface area contributed by atoms with Crippen LogP contribution in [0.15, 0.2) is 4.99 Å². The van der Waals surface area contributed by atoms with Crippen molar-refractivity contribution in [3.63, 3.8) is 0 Å². The van der Waals surface area contributed by atoms with Crippen LogP contribution in [0.2, 0.25) is 0 Å². The largest absolute Gasteiger partial charge is 0.357 e. The van der Waals surface area contributed by atoms with Gasteiger partial charge in [-0.2, -0.15) is 0 Å². The molecule has 1 aromatic heterocycles. The zero-order chi connectivity index (χ0) is 15.1. The number of hydrogen-bond acceptors (Lipinski definition) is 3. The second kappa shape index (κ2) is 10.4. The molecular formula is C15H29IN4S. The summed E-state index contributed by atoms with van der Waals surface area (Å²) >= 11 is 1.78.